The number of ether oxygens (including phenoxy) is 2. The Morgan fingerprint density at radius 3 is 2.31 bits per heavy atom. The first-order valence-corrected chi connectivity index (χ1v) is 13.0. The van der Waals surface area contributed by atoms with Gasteiger partial charge in [0.05, 0.1) is 13.2 Å². The number of nitrogens with one attached hydrogen (secondary N) is 1. The molecule has 0 radical (unpaired) electrons. The molecule has 3 aromatic rings. The molecular weight excluding hydrogens is 470 g/mol. The van der Waals surface area contributed by atoms with Gasteiger partial charge >= 0.3 is 0 Å². The highest BCUT2D eigenvalue weighted by Gasteiger charge is 2.20. The molecule has 1 unspecified atom stereocenters. The van der Waals surface area contributed by atoms with E-state index in [0.717, 1.165) is 36.0 Å². The Morgan fingerprint density at radius 1 is 0.972 bits per heavy atom. The van der Waals surface area contributed by atoms with Crippen molar-refractivity contribution < 1.29 is 14.3 Å². The summed E-state index contributed by atoms with van der Waals surface area (Å²) in [4.78, 5) is 13.6. The number of hydrogen-bond donors (Lipinski definition) is 1. The van der Waals surface area contributed by atoms with E-state index in [1.54, 1.807) is 13.2 Å². The van der Waals surface area contributed by atoms with Crippen molar-refractivity contribution in [3.63, 3.8) is 0 Å². The van der Waals surface area contributed by atoms with Gasteiger partial charge in [-0.3, -0.25) is 4.79 Å². The maximum atomic E-state index is 13.6. The van der Waals surface area contributed by atoms with E-state index in [0.29, 0.717) is 34.6 Å². The van der Waals surface area contributed by atoms with Gasteiger partial charge < -0.3 is 14.8 Å². The number of aryl methyl sites for hydroxylation is 3. The topological polar surface area (TPSA) is 47.6 Å². The lowest BCUT2D eigenvalue weighted by Gasteiger charge is -2.23. The van der Waals surface area contributed by atoms with Crippen LogP contribution < -0.4 is 14.8 Å². The molecule has 0 spiro atoms. The van der Waals surface area contributed by atoms with Gasteiger partial charge in [-0.2, -0.15) is 0 Å². The average molecular weight is 508 g/mol. The molecule has 4 nitrogen and oxygen atoms in total. The number of rotatable bonds is 11. The van der Waals surface area contributed by atoms with Crippen molar-refractivity contribution in [3.8, 4) is 11.5 Å². The van der Waals surface area contributed by atoms with E-state index in [4.69, 9.17) is 21.1 Å². The Kier molecular flexibility index (Phi) is 9.83. The Hall–Kier alpha value is -2.98. The lowest BCUT2D eigenvalue weighted by Crippen LogP contribution is -2.30. The maximum Gasteiger partial charge on any atom is 0.252 e. The fourth-order valence-corrected chi connectivity index (χ4v) is 4.70. The maximum absolute atomic E-state index is 13.6. The van der Waals surface area contributed by atoms with Gasteiger partial charge in [0.1, 0.15) is 18.1 Å². The number of amides is 1. The van der Waals surface area contributed by atoms with Gasteiger partial charge in [0, 0.05) is 16.1 Å². The molecule has 0 aromatic heterocycles. The van der Waals surface area contributed by atoms with Gasteiger partial charge in [0.25, 0.3) is 5.91 Å². The molecule has 1 amide bonds. The molecule has 0 saturated heterocycles. The molecule has 3 aromatic carbocycles. The monoisotopic (exact) mass is 507 g/mol. The van der Waals surface area contributed by atoms with Crippen molar-refractivity contribution in [2.45, 2.75) is 66.5 Å². The quantitative estimate of drug-likeness (QED) is 0.286. The minimum absolute atomic E-state index is 0.0616. The van der Waals surface area contributed by atoms with Crippen LogP contribution in [0.1, 0.15) is 77.8 Å². The van der Waals surface area contributed by atoms with Gasteiger partial charge in [0.15, 0.2) is 0 Å². The van der Waals surface area contributed by atoms with Crippen LogP contribution in [0.4, 0.5) is 0 Å². The van der Waals surface area contributed by atoms with Crippen LogP contribution in [0.3, 0.4) is 0 Å². The summed E-state index contributed by atoms with van der Waals surface area (Å²) >= 11 is 6.08. The summed E-state index contributed by atoms with van der Waals surface area (Å²) < 4.78 is 11.5. The molecule has 0 aliphatic carbocycles. The van der Waals surface area contributed by atoms with Crippen LogP contribution in [0.15, 0.2) is 54.6 Å². The first kappa shape index (κ1) is 27.6. The number of halogens is 1. The van der Waals surface area contributed by atoms with Gasteiger partial charge in [-0.15, -0.1) is 0 Å². The molecule has 0 heterocycles. The minimum Gasteiger partial charge on any atom is -0.496 e. The van der Waals surface area contributed by atoms with E-state index in [1.165, 1.54) is 11.1 Å². The molecule has 1 atom stereocenters. The second-order valence-corrected chi connectivity index (χ2v) is 10.3. The van der Waals surface area contributed by atoms with E-state index in [1.807, 2.05) is 30.3 Å². The summed E-state index contributed by atoms with van der Waals surface area (Å²) in [5, 5.41) is 3.94. The third kappa shape index (κ3) is 7.51. The Bertz CT molecular complexity index is 1170. The third-order valence-electron chi connectivity index (χ3n) is 6.15. The lowest BCUT2D eigenvalue weighted by atomic mass is 9.93. The molecule has 5 heteroatoms. The molecule has 36 heavy (non-hydrogen) atoms. The highest BCUT2D eigenvalue weighted by Crippen LogP contribution is 2.28. The molecule has 0 saturated carbocycles. The number of carbonyl (C=O) groups excluding carboxylic acids is 1. The normalized spacial score (nSPS) is 11.9. The van der Waals surface area contributed by atoms with Crippen LogP contribution >= 0.6 is 11.6 Å². The summed E-state index contributed by atoms with van der Waals surface area (Å²) in [5.74, 6) is 1.69. The largest absolute Gasteiger partial charge is 0.496 e. The van der Waals surface area contributed by atoms with Gasteiger partial charge in [-0.1, -0.05) is 80.3 Å². The van der Waals surface area contributed by atoms with Crippen LogP contribution in [0, 0.1) is 19.8 Å². The zero-order valence-electron chi connectivity index (χ0n) is 22.3. The Morgan fingerprint density at radius 2 is 1.67 bits per heavy atom. The van der Waals surface area contributed by atoms with Gasteiger partial charge in [-0.25, -0.2) is 0 Å². The number of benzene rings is 3. The zero-order valence-corrected chi connectivity index (χ0v) is 23.0. The SMILES string of the molecule is CCCc1ccc(OCc2ccc(Cl)cc2OC)cc1C(=O)NC(CC(C)C)c1cc(C)cc(C)c1. The van der Waals surface area contributed by atoms with E-state index in [9.17, 15) is 4.79 Å². The van der Waals surface area contributed by atoms with Crippen LogP contribution in [-0.2, 0) is 13.0 Å². The second-order valence-electron chi connectivity index (χ2n) is 9.89. The predicted octanol–water partition coefficient (Wildman–Crippen LogP) is 8.01. The lowest BCUT2D eigenvalue weighted by molar-refractivity contribution is 0.0930. The summed E-state index contributed by atoms with van der Waals surface area (Å²) in [5.41, 5.74) is 6.12. The number of methoxy groups -OCH3 is 1. The van der Waals surface area contributed by atoms with Gasteiger partial charge in [-0.05, 0) is 68.0 Å². The standard InChI is InChI=1S/C31H38ClNO3/c1-7-8-23-10-12-27(36-19-24-9-11-26(32)17-30(24)35-6)18-28(23)31(34)33-29(13-20(2)3)25-15-21(4)14-22(5)16-25/h9-12,14-18,20,29H,7-8,13,19H2,1-6H3,(H,33,34). The summed E-state index contributed by atoms with van der Waals surface area (Å²) in [6.07, 6.45) is 2.64. The zero-order chi connectivity index (χ0) is 26.2. The fraction of sp³-hybridized carbons (Fsp3) is 0.387. The molecule has 1 N–H and O–H groups in total. The van der Waals surface area contributed by atoms with Crippen LogP contribution in [0.5, 0.6) is 11.5 Å². The molecule has 3 rings (SSSR count). The minimum atomic E-state index is -0.0715. The highest BCUT2D eigenvalue weighted by molar-refractivity contribution is 6.30. The average Bonchev–Trinajstić information content (AvgIpc) is 2.82. The molecular formula is C31H38ClNO3. The van der Waals surface area contributed by atoms with E-state index in [-0.39, 0.29) is 11.9 Å². The van der Waals surface area contributed by atoms with Crippen molar-refractivity contribution in [2.24, 2.45) is 5.92 Å². The predicted molar refractivity (Wildman–Crippen MR) is 148 cm³/mol. The van der Waals surface area contributed by atoms with E-state index >= 15 is 0 Å². The van der Waals surface area contributed by atoms with Crippen molar-refractivity contribution in [1.82, 2.24) is 5.32 Å². The van der Waals surface area contributed by atoms with Gasteiger partial charge in [0.2, 0.25) is 0 Å². The summed E-state index contributed by atoms with van der Waals surface area (Å²) in [6, 6.07) is 17.7. The molecule has 0 aliphatic rings. The third-order valence-corrected chi connectivity index (χ3v) is 6.38. The molecule has 192 valence electrons. The molecule has 0 fully saturated rings. The molecule has 0 aliphatic heterocycles. The summed E-state index contributed by atoms with van der Waals surface area (Å²) in [6.45, 7) is 11.0. The Labute approximate surface area is 221 Å². The van der Waals surface area contributed by atoms with Crippen molar-refractivity contribution in [2.75, 3.05) is 7.11 Å². The first-order chi connectivity index (χ1) is 17.2. The fourth-order valence-electron chi connectivity index (χ4n) is 4.54. The van der Waals surface area contributed by atoms with E-state index in [2.05, 4.69) is 58.1 Å². The molecule has 0 bridgehead atoms. The van der Waals surface area contributed by atoms with Crippen molar-refractivity contribution >= 4 is 17.5 Å². The number of carbonyl (C=O) groups is 1. The highest BCUT2D eigenvalue weighted by atomic mass is 35.5. The Balaban J connectivity index is 1.86. The van der Waals surface area contributed by atoms with Crippen LogP contribution in [0.2, 0.25) is 5.02 Å². The summed E-state index contributed by atoms with van der Waals surface area (Å²) in [7, 11) is 1.61. The van der Waals surface area contributed by atoms with Crippen molar-refractivity contribution in [3.05, 3.63) is 93.0 Å². The smallest absolute Gasteiger partial charge is 0.252 e. The van der Waals surface area contributed by atoms with Crippen LogP contribution in [0.25, 0.3) is 0 Å². The second kappa shape index (κ2) is 12.8. The van der Waals surface area contributed by atoms with Crippen LogP contribution in [-0.4, -0.2) is 13.0 Å². The first-order valence-electron chi connectivity index (χ1n) is 12.7. The van der Waals surface area contributed by atoms with Crippen molar-refractivity contribution in [1.29, 1.82) is 0 Å². The van der Waals surface area contributed by atoms with E-state index < -0.39 is 0 Å². The number of hydrogen-bond acceptors (Lipinski definition) is 3.